The maximum Gasteiger partial charge on any atom is 0.322 e. The Morgan fingerprint density at radius 1 is 0.570 bits per heavy atom. The van der Waals surface area contributed by atoms with E-state index < -0.39 is 182 Å². The number of carboxylic acid groups (broad SMARTS) is 3. The maximum absolute atomic E-state index is 14.3. The first-order chi connectivity index (χ1) is 36.9. The number of likely N-dealkylation sites (tertiary alicyclic amines) is 1. The van der Waals surface area contributed by atoms with Crippen LogP contribution in [0.2, 0.25) is 0 Å². The fourth-order valence-corrected chi connectivity index (χ4v) is 8.01. The molecule has 0 radical (unpaired) electrons. The summed E-state index contributed by atoms with van der Waals surface area (Å²) in [6.07, 6.45) is -3.42. The van der Waals surface area contributed by atoms with Gasteiger partial charge in [-0.15, -0.1) is 0 Å². The summed E-state index contributed by atoms with van der Waals surface area (Å²) in [6.45, 7) is 10.1. The zero-order valence-corrected chi connectivity index (χ0v) is 45.7. The number of aliphatic hydroxyl groups excluding tert-OH is 1. The molecule has 1 saturated heterocycles. The number of nitrogens with two attached hydrogens (primary N) is 4. The number of guanidine groups is 1. The lowest BCUT2D eigenvalue weighted by Crippen LogP contribution is -2.63. The largest absolute Gasteiger partial charge is 0.481 e. The summed E-state index contributed by atoms with van der Waals surface area (Å²) in [6, 6.07) is -13.7. The van der Waals surface area contributed by atoms with Gasteiger partial charge in [-0.05, 0) is 56.8 Å². The third-order valence-electron chi connectivity index (χ3n) is 13.4. The number of aliphatic hydroxyl groups is 1. The molecule has 0 aliphatic carbocycles. The highest BCUT2D eigenvalue weighted by Crippen LogP contribution is 2.21. The van der Waals surface area contributed by atoms with Crippen LogP contribution in [0.15, 0.2) is 4.99 Å². The number of primary amides is 1. The van der Waals surface area contributed by atoms with Crippen molar-refractivity contribution in [2.24, 2.45) is 45.7 Å². The molecular formula is C48H82N14O17. The molecule has 31 nitrogen and oxygen atoms in total. The van der Waals surface area contributed by atoms with Gasteiger partial charge in [-0.25, -0.2) is 0 Å². The van der Waals surface area contributed by atoms with E-state index in [-0.39, 0.29) is 63.5 Å². The number of hydrogen-bond donors (Lipinski definition) is 16. The van der Waals surface area contributed by atoms with Crippen LogP contribution in [-0.4, -0.2) is 188 Å². The number of carbonyl (C=O) groups excluding carboxylic acids is 10. The normalized spacial score (nSPS) is 17.5. The Bertz CT molecular complexity index is 2210. The number of aliphatic carboxylic acids is 3. The molecule has 1 aliphatic heterocycles. The van der Waals surface area contributed by atoms with Gasteiger partial charge in [-0.2, -0.15) is 0 Å². The fourth-order valence-electron chi connectivity index (χ4n) is 8.01. The molecule has 31 heteroatoms. The number of nitrogens with one attached hydrogen (secondary N) is 8. The van der Waals surface area contributed by atoms with Crippen LogP contribution in [0, 0.1) is 17.8 Å². The Balaban J connectivity index is 3.51. The van der Waals surface area contributed by atoms with Crippen molar-refractivity contribution in [2.45, 2.75) is 180 Å². The molecule has 1 aliphatic rings. The lowest BCUT2D eigenvalue weighted by atomic mass is 9.94. The quantitative estimate of drug-likeness (QED) is 0.0158. The molecule has 10 amide bonds. The van der Waals surface area contributed by atoms with Gasteiger partial charge in [-0.1, -0.05) is 60.8 Å². The van der Waals surface area contributed by atoms with Crippen LogP contribution in [0.4, 0.5) is 0 Å². The lowest BCUT2D eigenvalue weighted by molar-refractivity contribution is -0.143. The molecule has 446 valence electrons. The minimum atomic E-state index is -1.85. The van der Waals surface area contributed by atoms with Crippen LogP contribution in [-0.2, 0) is 62.3 Å². The number of nitrogens with zero attached hydrogens (tertiary/aromatic N) is 2. The van der Waals surface area contributed by atoms with Crippen LogP contribution in [0.1, 0.15) is 119 Å². The number of carboxylic acids is 3. The number of amides is 10. The van der Waals surface area contributed by atoms with E-state index >= 15 is 0 Å². The average molecular weight is 1130 g/mol. The SMILES string of the molecule is CC[C@H](C)[C@H](N)C(=O)N[C@@H](CC(N)=O)C(=O)N1CCC[C@H]1C(=O)N[C@@H](CCC(=O)O)C(=O)N[C@H](C(=O)N[C@H](C(=O)N[C@H](C(=O)N[C@@H](CCCN=C(N)N)C(=O)N[C@@H](CC(=O)O)C(=O)NCC(=O)O)[C@@H](C)O)[C@@H](C)CC)[C@@H](C)CC. The Kier molecular flexibility index (Phi) is 30.0. The number of aliphatic imine (C=N–C) groups is 1. The molecule has 13 atom stereocenters. The fraction of sp³-hybridized carbons (Fsp3) is 0.708. The van der Waals surface area contributed by atoms with Crippen molar-refractivity contribution in [1.82, 2.24) is 47.4 Å². The monoisotopic (exact) mass is 1130 g/mol. The molecule has 0 saturated carbocycles. The van der Waals surface area contributed by atoms with Crippen molar-refractivity contribution in [1.29, 1.82) is 0 Å². The highest BCUT2D eigenvalue weighted by Gasteiger charge is 2.42. The van der Waals surface area contributed by atoms with Crippen molar-refractivity contribution >= 4 is 82.9 Å². The third kappa shape index (κ3) is 23.8. The molecule has 20 N–H and O–H groups in total. The van der Waals surface area contributed by atoms with Gasteiger partial charge in [0.2, 0.25) is 59.1 Å². The van der Waals surface area contributed by atoms with Crippen LogP contribution >= 0.6 is 0 Å². The van der Waals surface area contributed by atoms with Gasteiger partial charge in [0.25, 0.3) is 0 Å². The summed E-state index contributed by atoms with van der Waals surface area (Å²) < 4.78 is 0. The van der Waals surface area contributed by atoms with E-state index in [2.05, 4.69) is 42.2 Å². The van der Waals surface area contributed by atoms with Gasteiger partial charge in [0.15, 0.2) is 5.96 Å². The Morgan fingerprint density at radius 3 is 1.56 bits per heavy atom. The number of hydrogen-bond acceptors (Lipinski definition) is 16. The van der Waals surface area contributed by atoms with Gasteiger partial charge >= 0.3 is 17.9 Å². The van der Waals surface area contributed by atoms with Crippen molar-refractivity contribution in [3.8, 4) is 0 Å². The zero-order chi connectivity index (χ0) is 60.4. The first-order valence-electron chi connectivity index (χ1n) is 26.0. The summed E-state index contributed by atoms with van der Waals surface area (Å²) in [5, 5.41) is 57.7. The Labute approximate surface area is 457 Å². The minimum Gasteiger partial charge on any atom is -0.481 e. The van der Waals surface area contributed by atoms with Crippen LogP contribution < -0.4 is 65.5 Å². The second-order valence-corrected chi connectivity index (χ2v) is 19.6. The first kappa shape index (κ1) is 69.3. The van der Waals surface area contributed by atoms with Crippen LogP contribution in [0.3, 0.4) is 0 Å². The predicted octanol–water partition coefficient (Wildman–Crippen LogP) is -5.31. The highest BCUT2D eigenvalue weighted by atomic mass is 16.4. The average Bonchev–Trinajstić information content (AvgIpc) is 3.88. The Morgan fingerprint density at radius 2 is 1.06 bits per heavy atom. The van der Waals surface area contributed by atoms with Crippen molar-refractivity contribution < 1.29 is 82.8 Å². The van der Waals surface area contributed by atoms with E-state index in [0.717, 1.165) is 11.8 Å². The third-order valence-corrected chi connectivity index (χ3v) is 13.4. The highest BCUT2D eigenvalue weighted by molar-refractivity contribution is 6.00. The van der Waals surface area contributed by atoms with Crippen LogP contribution in [0.25, 0.3) is 0 Å². The zero-order valence-electron chi connectivity index (χ0n) is 45.7. The molecule has 0 aromatic rings. The summed E-state index contributed by atoms with van der Waals surface area (Å²) in [7, 11) is 0. The molecule has 0 spiro atoms. The smallest absolute Gasteiger partial charge is 0.322 e. The molecule has 0 unspecified atom stereocenters. The van der Waals surface area contributed by atoms with Crippen molar-refractivity contribution in [2.75, 3.05) is 19.6 Å². The number of carbonyl (C=O) groups is 13. The predicted molar refractivity (Wildman–Crippen MR) is 280 cm³/mol. The second-order valence-electron chi connectivity index (χ2n) is 19.6. The second kappa shape index (κ2) is 34.2. The summed E-state index contributed by atoms with van der Waals surface area (Å²) >= 11 is 0. The molecule has 1 fully saturated rings. The molecule has 0 bridgehead atoms. The van der Waals surface area contributed by atoms with Gasteiger partial charge in [0.1, 0.15) is 54.9 Å². The van der Waals surface area contributed by atoms with Crippen molar-refractivity contribution in [3.05, 3.63) is 0 Å². The van der Waals surface area contributed by atoms with E-state index in [1.54, 1.807) is 41.5 Å². The lowest BCUT2D eigenvalue weighted by Gasteiger charge is -2.32. The van der Waals surface area contributed by atoms with Crippen LogP contribution in [0.5, 0.6) is 0 Å². The summed E-state index contributed by atoms with van der Waals surface area (Å²) in [5.41, 5.74) is 22.2. The van der Waals surface area contributed by atoms with E-state index in [1.165, 1.54) is 0 Å². The first-order valence-corrected chi connectivity index (χ1v) is 26.0. The molecule has 1 rings (SSSR count). The molecular weight excluding hydrogens is 1040 g/mol. The standard InChI is InChI=1S/C48H82N14O17/c1-8-22(4)35(50)43(75)58-29(19-31(49)64)47(79)62-18-12-14-30(62)42(74)55-27(15-16-32(65)66)41(73)59-36(23(5)9-2)44(76)60-37(24(6)10-3)45(77)61-38(25(7)63)46(78)56-26(13-11-17-53-48(51)52)40(72)57-28(20-33(67)68)39(71)54-21-34(69)70/h22-30,35-38,63H,8-21,50H2,1-7H3,(H2,49,64)(H,54,71)(H,55,74)(H,56,78)(H,57,72)(H,58,75)(H,59,73)(H,60,76)(H,61,77)(H,65,66)(H,67,68)(H,69,70)(H4,51,52,53)/t22-,23-,24-,25+,26-,27-,28-,29-,30-,35-,36-,37-,38-/m0/s1. The van der Waals surface area contributed by atoms with Gasteiger partial charge in [0.05, 0.1) is 25.0 Å². The van der Waals surface area contributed by atoms with Gasteiger partial charge in [-0.3, -0.25) is 67.3 Å². The van der Waals surface area contributed by atoms with E-state index in [9.17, 15) is 77.6 Å². The van der Waals surface area contributed by atoms with E-state index in [0.29, 0.717) is 6.42 Å². The van der Waals surface area contributed by atoms with Crippen molar-refractivity contribution in [3.63, 3.8) is 0 Å². The van der Waals surface area contributed by atoms with Gasteiger partial charge < -0.3 is 90.8 Å². The topological polar surface area (TPSA) is 519 Å². The van der Waals surface area contributed by atoms with Gasteiger partial charge in [0, 0.05) is 19.5 Å². The molecule has 1 heterocycles. The van der Waals surface area contributed by atoms with E-state index in [1.807, 2.05) is 5.32 Å². The Hall–Kier alpha value is -7.70. The molecule has 79 heavy (non-hydrogen) atoms. The minimum absolute atomic E-state index is 0.00325. The van der Waals surface area contributed by atoms with E-state index in [4.69, 9.17) is 28.0 Å². The summed E-state index contributed by atoms with van der Waals surface area (Å²) in [4.78, 5) is 175. The number of rotatable bonds is 36. The summed E-state index contributed by atoms with van der Waals surface area (Å²) in [5.74, 6) is -16.3. The molecule has 0 aromatic heterocycles. The molecule has 0 aromatic carbocycles. The maximum atomic E-state index is 14.3.